The van der Waals surface area contributed by atoms with E-state index in [-0.39, 0.29) is 12.2 Å². The van der Waals surface area contributed by atoms with E-state index in [2.05, 4.69) is 10.3 Å². The Balaban J connectivity index is 1.85. The summed E-state index contributed by atoms with van der Waals surface area (Å²) < 4.78 is 29.3. The second-order valence-corrected chi connectivity index (χ2v) is 5.19. The van der Waals surface area contributed by atoms with Crippen LogP contribution in [0.15, 0.2) is 36.7 Å². The van der Waals surface area contributed by atoms with Crippen LogP contribution in [0.1, 0.15) is 11.3 Å². The molecule has 0 unspecified atom stereocenters. The Labute approximate surface area is 125 Å². The van der Waals surface area contributed by atoms with Crippen molar-refractivity contribution in [3.63, 3.8) is 0 Å². The molecule has 21 heavy (non-hydrogen) atoms. The standard InChI is InChI=1S/C15H12ClF2N3/c1-9-2-4-12(17)15(14(9)18)19-6-11-8-21-7-10(16)3-5-13(21)20-11/h2-5,7-8,19H,6H2,1H3. The summed E-state index contributed by atoms with van der Waals surface area (Å²) in [5.41, 5.74) is 1.64. The van der Waals surface area contributed by atoms with Gasteiger partial charge in [-0.15, -0.1) is 0 Å². The minimum atomic E-state index is -0.620. The molecule has 6 heteroatoms. The largest absolute Gasteiger partial charge is 0.375 e. The second-order valence-electron chi connectivity index (χ2n) is 4.75. The van der Waals surface area contributed by atoms with E-state index in [1.165, 1.54) is 12.1 Å². The molecule has 1 N–H and O–H groups in total. The van der Waals surface area contributed by atoms with Gasteiger partial charge < -0.3 is 9.72 Å². The molecule has 0 fully saturated rings. The molecule has 2 heterocycles. The van der Waals surface area contributed by atoms with Crippen molar-refractivity contribution in [1.29, 1.82) is 0 Å². The van der Waals surface area contributed by atoms with E-state index in [4.69, 9.17) is 11.6 Å². The van der Waals surface area contributed by atoms with E-state index in [9.17, 15) is 8.78 Å². The van der Waals surface area contributed by atoms with Gasteiger partial charge in [0.15, 0.2) is 5.82 Å². The van der Waals surface area contributed by atoms with Crippen LogP contribution in [0, 0.1) is 18.6 Å². The fraction of sp³-hybridized carbons (Fsp3) is 0.133. The molecule has 3 nitrogen and oxygen atoms in total. The highest BCUT2D eigenvalue weighted by molar-refractivity contribution is 6.30. The molecule has 0 amide bonds. The fourth-order valence-corrected chi connectivity index (χ4v) is 2.27. The van der Waals surface area contributed by atoms with Crippen molar-refractivity contribution in [2.45, 2.75) is 13.5 Å². The number of hydrogen-bond acceptors (Lipinski definition) is 2. The first-order valence-corrected chi connectivity index (χ1v) is 6.74. The first-order valence-electron chi connectivity index (χ1n) is 6.36. The van der Waals surface area contributed by atoms with Crippen molar-refractivity contribution in [2.75, 3.05) is 5.32 Å². The topological polar surface area (TPSA) is 29.3 Å². The number of anilines is 1. The molecule has 0 radical (unpaired) electrons. The van der Waals surface area contributed by atoms with E-state index in [1.54, 1.807) is 35.9 Å². The summed E-state index contributed by atoms with van der Waals surface area (Å²) in [6, 6.07) is 6.16. The zero-order valence-corrected chi connectivity index (χ0v) is 12.0. The van der Waals surface area contributed by atoms with Crippen molar-refractivity contribution in [1.82, 2.24) is 9.38 Å². The number of halogens is 3. The number of imidazole rings is 1. The zero-order valence-electron chi connectivity index (χ0n) is 11.2. The van der Waals surface area contributed by atoms with Gasteiger partial charge in [-0.2, -0.15) is 0 Å². The van der Waals surface area contributed by atoms with E-state index in [0.717, 1.165) is 5.65 Å². The van der Waals surface area contributed by atoms with Crippen LogP contribution >= 0.6 is 11.6 Å². The molecule has 0 atom stereocenters. The van der Waals surface area contributed by atoms with Gasteiger partial charge in [-0.1, -0.05) is 17.7 Å². The molecule has 108 valence electrons. The smallest absolute Gasteiger partial charge is 0.152 e. The Morgan fingerprint density at radius 2 is 2.00 bits per heavy atom. The van der Waals surface area contributed by atoms with Crippen LogP contribution < -0.4 is 5.32 Å². The lowest BCUT2D eigenvalue weighted by Gasteiger charge is -2.08. The molecule has 0 aliphatic heterocycles. The number of fused-ring (bicyclic) bond motifs is 1. The highest BCUT2D eigenvalue weighted by Gasteiger charge is 2.11. The van der Waals surface area contributed by atoms with Gasteiger partial charge in [0.05, 0.1) is 17.3 Å². The number of nitrogens with zero attached hydrogens (tertiary/aromatic N) is 2. The average molecular weight is 308 g/mol. The normalized spacial score (nSPS) is 11.0. The monoisotopic (exact) mass is 307 g/mol. The molecule has 0 saturated carbocycles. The van der Waals surface area contributed by atoms with Crippen LogP contribution in [0.2, 0.25) is 5.02 Å². The van der Waals surface area contributed by atoms with Crippen LogP contribution in [0.25, 0.3) is 5.65 Å². The third-order valence-electron chi connectivity index (χ3n) is 3.20. The molecule has 2 aromatic heterocycles. The SMILES string of the molecule is Cc1ccc(F)c(NCc2cn3cc(Cl)ccc3n2)c1F. The summed E-state index contributed by atoms with van der Waals surface area (Å²) in [7, 11) is 0. The molecule has 3 aromatic rings. The van der Waals surface area contributed by atoms with Gasteiger partial charge in [0.2, 0.25) is 0 Å². The maximum Gasteiger partial charge on any atom is 0.152 e. The number of benzene rings is 1. The van der Waals surface area contributed by atoms with Gasteiger partial charge in [-0.05, 0) is 30.7 Å². The van der Waals surface area contributed by atoms with Crippen LogP contribution in [0.4, 0.5) is 14.5 Å². The lowest BCUT2D eigenvalue weighted by molar-refractivity contribution is 0.582. The van der Waals surface area contributed by atoms with Crippen LogP contribution in [0.3, 0.4) is 0 Å². The highest BCUT2D eigenvalue weighted by atomic mass is 35.5. The van der Waals surface area contributed by atoms with Crippen molar-refractivity contribution < 1.29 is 8.78 Å². The Bertz CT molecular complexity index is 814. The van der Waals surface area contributed by atoms with Crippen molar-refractivity contribution in [2.24, 2.45) is 0 Å². The van der Waals surface area contributed by atoms with Gasteiger partial charge in [-0.25, -0.2) is 13.8 Å². The summed E-state index contributed by atoms with van der Waals surface area (Å²) in [5.74, 6) is -1.20. The maximum absolute atomic E-state index is 13.9. The number of rotatable bonds is 3. The zero-order chi connectivity index (χ0) is 15.0. The van der Waals surface area contributed by atoms with Crippen LogP contribution in [-0.4, -0.2) is 9.38 Å². The first-order chi connectivity index (χ1) is 10.0. The Morgan fingerprint density at radius 1 is 1.19 bits per heavy atom. The minimum Gasteiger partial charge on any atom is -0.375 e. The Hall–Kier alpha value is -2.14. The lowest BCUT2D eigenvalue weighted by atomic mass is 10.2. The van der Waals surface area contributed by atoms with Crippen molar-refractivity contribution >= 4 is 22.9 Å². The predicted molar refractivity (Wildman–Crippen MR) is 78.6 cm³/mol. The van der Waals surface area contributed by atoms with E-state index < -0.39 is 11.6 Å². The summed E-state index contributed by atoms with van der Waals surface area (Å²) in [6.07, 6.45) is 3.49. The number of nitrogens with one attached hydrogen (secondary N) is 1. The Morgan fingerprint density at radius 3 is 2.81 bits per heavy atom. The van der Waals surface area contributed by atoms with Gasteiger partial charge in [0.1, 0.15) is 17.2 Å². The number of hydrogen-bond donors (Lipinski definition) is 1. The van der Waals surface area contributed by atoms with Gasteiger partial charge in [0, 0.05) is 12.4 Å². The Kier molecular flexibility index (Phi) is 3.51. The molecule has 0 aliphatic rings. The highest BCUT2D eigenvalue weighted by Crippen LogP contribution is 2.22. The molecular weight excluding hydrogens is 296 g/mol. The van der Waals surface area contributed by atoms with E-state index >= 15 is 0 Å². The predicted octanol–water partition coefficient (Wildman–Crippen LogP) is 4.19. The molecule has 1 aromatic carbocycles. The van der Waals surface area contributed by atoms with Gasteiger partial charge in [-0.3, -0.25) is 0 Å². The summed E-state index contributed by atoms with van der Waals surface area (Å²) >= 11 is 5.90. The number of aromatic nitrogens is 2. The van der Waals surface area contributed by atoms with E-state index in [1.807, 2.05) is 0 Å². The quantitative estimate of drug-likeness (QED) is 0.786. The van der Waals surface area contributed by atoms with Gasteiger partial charge in [0.25, 0.3) is 0 Å². The summed E-state index contributed by atoms with van der Waals surface area (Å²) in [6.45, 7) is 1.81. The second kappa shape index (κ2) is 5.33. The molecule has 3 rings (SSSR count). The minimum absolute atomic E-state index is 0.134. The fourth-order valence-electron chi connectivity index (χ4n) is 2.10. The molecule has 0 bridgehead atoms. The lowest BCUT2D eigenvalue weighted by Crippen LogP contribution is -2.05. The van der Waals surface area contributed by atoms with Crippen molar-refractivity contribution in [3.8, 4) is 0 Å². The van der Waals surface area contributed by atoms with E-state index in [0.29, 0.717) is 16.3 Å². The molecule has 0 saturated heterocycles. The molecule has 0 aliphatic carbocycles. The summed E-state index contributed by atoms with van der Waals surface area (Å²) in [5, 5.41) is 3.35. The van der Waals surface area contributed by atoms with Gasteiger partial charge >= 0.3 is 0 Å². The number of pyridine rings is 1. The maximum atomic E-state index is 13.9. The molecular formula is C15H12ClF2N3. The molecule has 0 spiro atoms. The van der Waals surface area contributed by atoms with Crippen LogP contribution in [-0.2, 0) is 6.54 Å². The third-order valence-corrected chi connectivity index (χ3v) is 3.42. The first kappa shape index (κ1) is 13.8. The average Bonchev–Trinajstić information content (AvgIpc) is 2.85. The number of aryl methyl sites for hydroxylation is 1. The van der Waals surface area contributed by atoms with Crippen LogP contribution in [0.5, 0.6) is 0 Å². The summed E-state index contributed by atoms with van der Waals surface area (Å²) in [4.78, 5) is 4.35. The van der Waals surface area contributed by atoms with Crippen molar-refractivity contribution in [3.05, 3.63) is 64.6 Å². The third kappa shape index (κ3) is 2.69.